The van der Waals surface area contributed by atoms with Gasteiger partial charge in [-0.25, -0.2) is 9.89 Å². The normalized spacial score (nSPS) is 16.4. The van der Waals surface area contributed by atoms with E-state index in [1.54, 1.807) is 4.90 Å². The Kier molecular flexibility index (Phi) is 4.95. The Morgan fingerprint density at radius 2 is 2.05 bits per heavy atom. The monoisotopic (exact) mass is 328 g/mol. The van der Waals surface area contributed by atoms with Gasteiger partial charge in [-0.3, -0.25) is 4.79 Å². The minimum Gasteiger partial charge on any atom is -0.444 e. The molecule has 0 aromatic carbocycles. The van der Waals surface area contributed by atoms with Gasteiger partial charge in [0.05, 0.1) is 11.2 Å². The number of nitrogens with zero attached hydrogens (tertiary/aromatic N) is 3. The number of H-pyrrole nitrogens is 1. The van der Waals surface area contributed by atoms with Gasteiger partial charge in [0.25, 0.3) is 5.56 Å². The molecule has 1 saturated heterocycles. The van der Waals surface area contributed by atoms with E-state index in [0.29, 0.717) is 36.9 Å². The molecule has 1 aliphatic heterocycles. The van der Waals surface area contributed by atoms with Crippen LogP contribution >= 0.6 is 11.6 Å². The highest BCUT2D eigenvalue weighted by atomic mass is 35.5. The number of aromatic amines is 1. The zero-order chi connectivity index (χ0) is 16.3. The maximum absolute atomic E-state index is 12.1. The Labute approximate surface area is 134 Å². The number of hydrogen-bond acceptors (Lipinski definition) is 5. The van der Waals surface area contributed by atoms with E-state index < -0.39 is 5.60 Å². The van der Waals surface area contributed by atoms with Gasteiger partial charge in [0.2, 0.25) is 0 Å². The lowest BCUT2D eigenvalue weighted by Gasteiger charge is -2.26. The molecule has 2 rings (SSSR count). The molecule has 0 bridgehead atoms. The molecule has 0 saturated carbocycles. The minimum atomic E-state index is -0.519. The molecule has 1 amide bonds. The maximum Gasteiger partial charge on any atom is 0.410 e. The van der Waals surface area contributed by atoms with E-state index >= 15 is 0 Å². The lowest BCUT2D eigenvalue weighted by Crippen LogP contribution is -2.39. The molecule has 8 heteroatoms. The van der Waals surface area contributed by atoms with Gasteiger partial charge < -0.3 is 14.5 Å². The molecule has 22 heavy (non-hydrogen) atoms. The van der Waals surface area contributed by atoms with Gasteiger partial charge in [-0.15, -0.1) is 0 Å². The fraction of sp³-hybridized carbons (Fsp3) is 0.643. The van der Waals surface area contributed by atoms with E-state index in [-0.39, 0.29) is 11.7 Å². The smallest absolute Gasteiger partial charge is 0.410 e. The van der Waals surface area contributed by atoms with Gasteiger partial charge >= 0.3 is 6.09 Å². The number of ether oxygens (including phenoxy) is 1. The third-order valence-electron chi connectivity index (χ3n) is 3.25. The topological polar surface area (TPSA) is 78.5 Å². The molecule has 2 heterocycles. The molecule has 1 N–H and O–H groups in total. The molecule has 1 aliphatic rings. The van der Waals surface area contributed by atoms with Crippen molar-refractivity contribution in [3.8, 4) is 0 Å². The van der Waals surface area contributed by atoms with Crippen molar-refractivity contribution in [3.63, 3.8) is 0 Å². The summed E-state index contributed by atoms with van der Waals surface area (Å²) in [6.45, 7) is 7.75. The molecular formula is C14H21ClN4O3. The van der Waals surface area contributed by atoms with Gasteiger partial charge in [0.1, 0.15) is 11.3 Å². The van der Waals surface area contributed by atoms with Crippen LogP contribution in [0.15, 0.2) is 11.0 Å². The van der Waals surface area contributed by atoms with E-state index in [1.165, 1.54) is 6.20 Å². The lowest BCUT2D eigenvalue weighted by molar-refractivity contribution is 0.0263. The van der Waals surface area contributed by atoms with E-state index in [0.717, 1.165) is 6.42 Å². The highest BCUT2D eigenvalue weighted by molar-refractivity contribution is 6.33. The summed E-state index contributed by atoms with van der Waals surface area (Å²) in [6.07, 6.45) is 1.82. The molecule has 122 valence electrons. The largest absolute Gasteiger partial charge is 0.444 e. The predicted octanol–water partition coefficient (Wildman–Crippen LogP) is 1.87. The van der Waals surface area contributed by atoms with Crippen molar-refractivity contribution in [3.05, 3.63) is 21.6 Å². The van der Waals surface area contributed by atoms with Crippen LogP contribution in [0.3, 0.4) is 0 Å². The van der Waals surface area contributed by atoms with Gasteiger partial charge in [0, 0.05) is 26.2 Å². The standard InChI is InChI=1S/C14H21ClN4O3/c1-14(2,3)22-13(21)19-6-4-5-18(7-8-19)11-10(15)9-16-17-12(11)20/h9H,4-8H2,1-3H3,(H,17,20). The van der Waals surface area contributed by atoms with Crippen LogP contribution < -0.4 is 10.5 Å². The maximum atomic E-state index is 12.1. The average Bonchev–Trinajstić information content (AvgIpc) is 2.62. The molecule has 1 aromatic rings. The first-order chi connectivity index (χ1) is 10.3. The quantitative estimate of drug-likeness (QED) is 0.851. The highest BCUT2D eigenvalue weighted by Gasteiger charge is 2.25. The molecule has 1 aromatic heterocycles. The summed E-state index contributed by atoms with van der Waals surface area (Å²) in [6, 6.07) is 0. The molecular weight excluding hydrogens is 308 g/mol. The van der Waals surface area contributed by atoms with Crippen LogP contribution in [0, 0.1) is 0 Å². The van der Waals surface area contributed by atoms with Gasteiger partial charge in [-0.05, 0) is 27.2 Å². The fourth-order valence-electron chi connectivity index (χ4n) is 2.31. The van der Waals surface area contributed by atoms with Crippen molar-refractivity contribution in [1.29, 1.82) is 0 Å². The summed E-state index contributed by atoms with van der Waals surface area (Å²) in [7, 11) is 0. The number of nitrogens with one attached hydrogen (secondary N) is 1. The van der Waals surface area contributed by atoms with E-state index in [1.807, 2.05) is 25.7 Å². The second-order valence-electron chi connectivity index (χ2n) is 6.20. The van der Waals surface area contributed by atoms with Crippen LogP contribution in [0.1, 0.15) is 27.2 Å². The van der Waals surface area contributed by atoms with E-state index in [2.05, 4.69) is 10.2 Å². The number of hydrogen-bond donors (Lipinski definition) is 1. The molecule has 1 fully saturated rings. The third kappa shape index (κ3) is 4.13. The van der Waals surface area contributed by atoms with Crippen molar-refractivity contribution in [2.45, 2.75) is 32.8 Å². The Morgan fingerprint density at radius 1 is 1.32 bits per heavy atom. The first-order valence-corrected chi connectivity index (χ1v) is 7.62. The molecule has 0 radical (unpaired) electrons. The van der Waals surface area contributed by atoms with Crippen molar-refractivity contribution in [2.75, 3.05) is 31.1 Å². The van der Waals surface area contributed by atoms with Crippen molar-refractivity contribution in [2.24, 2.45) is 0 Å². The number of carbonyl (C=O) groups is 1. The second kappa shape index (κ2) is 6.56. The summed E-state index contributed by atoms with van der Waals surface area (Å²) in [5, 5.41) is 6.37. The molecule has 0 unspecified atom stereocenters. The lowest BCUT2D eigenvalue weighted by atomic mass is 10.2. The highest BCUT2D eigenvalue weighted by Crippen LogP contribution is 2.21. The fourth-order valence-corrected chi connectivity index (χ4v) is 2.57. The molecule has 0 spiro atoms. The summed E-state index contributed by atoms with van der Waals surface area (Å²) < 4.78 is 5.39. The summed E-state index contributed by atoms with van der Waals surface area (Å²) in [5.74, 6) is 0. The Morgan fingerprint density at radius 3 is 2.68 bits per heavy atom. The Hall–Kier alpha value is -1.76. The number of rotatable bonds is 1. The van der Waals surface area contributed by atoms with Gasteiger partial charge in [-0.2, -0.15) is 5.10 Å². The molecule has 0 aliphatic carbocycles. The van der Waals surface area contributed by atoms with Crippen molar-refractivity contribution in [1.82, 2.24) is 15.1 Å². The van der Waals surface area contributed by atoms with E-state index in [9.17, 15) is 9.59 Å². The van der Waals surface area contributed by atoms with Crippen LogP contribution in [0.25, 0.3) is 0 Å². The van der Waals surface area contributed by atoms with Crippen LogP contribution in [-0.4, -0.2) is 53.0 Å². The zero-order valence-corrected chi connectivity index (χ0v) is 13.8. The van der Waals surface area contributed by atoms with Crippen LogP contribution in [0.4, 0.5) is 10.5 Å². The summed E-state index contributed by atoms with van der Waals surface area (Å²) >= 11 is 6.07. The van der Waals surface area contributed by atoms with Crippen LogP contribution in [0.5, 0.6) is 0 Å². The third-order valence-corrected chi connectivity index (χ3v) is 3.53. The van der Waals surface area contributed by atoms with Crippen LogP contribution in [-0.2, 0) is 4.74 Å². The Bertz CT molecular complexity index is 596. The molecule has 7 nitrogen and oxygen atoms in total. The number of aromatic nitrogens is 2. The number of anilines is 1. The minimum absolute atomic E-state index is 0.314. The van der Waals surface area contributed by atoms with Gasteiger partial charge in [-0.1, -0.05) is 11.6 Å². The molecule has 0 atom stereocenters. The first kappa shape index (κ1) is 16.6. The number of halogens is 1. The average molecular weight is 329 g/mol. The predicted molar refractivity (Wildman–Crippen MR) is 84.5 cm³/mol. The van der Waals surface area contributed by atoms with Crippen LogP contribution in [0.2, 0.25) is 5.02 Å². The van der Waals surface area contributed by atoms with Gasteiger partial charge in [0.15, 0.2) is 0 Å². The summed E-state index contributed by atoms with van der Waals surface area (Å²) in [4.78, 5) is 27.6. The zero-order valence-electron chi connectivity index (χ0n) is 13.1. The van der Waals surface area contributed by atoms with E-state index in [4.69, 9.17) is 16.3 Å². The number of carbonyl (C=O) groups excluding carboxylic acids is 1. The van der Waals surface area contributed by atoms with Crippen molar-refractivity contribution < 1.29 is 9.53 Å². The summed E-state index contributed by atoms with van der Waals surface area (Å²) in [5.41, 5.74) is -0.435. The SMILES string of the molecule is CC(C)(C)OC(=O)N1CCCN(c2c(Cl)cn[nH]c2=O)CC1. The second-order valence-corrected chi connectivity index (χ2v) is 6.61. The first-order valence-electron chi connectivity index (χ1n) is 7.24. The Balaban J connectivity index is 2.07. The number of amides is 1. The van der Waals surface area contributed by atoms with Crippen molar-refractivity contribution >= 4 is 23.4 Å².